The van der Waals surface area contributed by atoms with Crippen LogP contribution in [0, 0.1) is 27.9 Å². The SMILES string of the molecule is CC1=C(C(C)C)C([N+](=O)[O-])=CCC1C(C)C. The largest absolute Gasteiger partial charge is 0.268 e. The molecular formula is C13H21NO2. The molecule has 0 saturated carbocycles. The van der Waals surface area contributed by atoms with Crippen LogP contribution in [-0.2, 0) is 0 Å². The standard InChI is InChI=1S/C13H21NO2/c1-8(2)11-6-7-12(14(15)16)13(9(3)4)10(11)5/h7-9,11H,6H2,1-5H3. The number of hydrogen-bond acceptors (Lipinski definition) is 2. The normalized spacial score (nSPS) is 21.7. The Balaban J connectivity index is 3.19. The average Bonchev–Trinajstić information content (AvgIpc) is 2.15. The van der Waals surface area contributed by atoms with Gasteiger partial charge in [0.15, 0.2) is 0 Å². The molecule has 0 heterocycles. The summed E-state index contributed by atoms with van der Waals surface area (Å²) < 4.78 is 0. The summed E-state index contributed by atoms with van der Waals surface area (Å²) in [6.45, 7) is 10.5. The lowest BCUT2D eigenvalue weighted by molar-refractivity contribution is -0.422. The molecule has 0 aliphatic heterocycles. The predicted molar refractivity (Wildman–Crippen MR) is 65.6 cm³/mol. The fraction of sp³-hybridized carbons (Fsp3) is 0.692. The van der Waals surface area contributed by atoms with Crippen molar-refractivity contribution in [2.75, 3.05) is 0 Å². The fourth-order valence-corrected chi connectivity index (χ4v) is 2.62. The summed E-state index contributed by atoms with van der Waals surface area (Å²) in [5.74, 6) is 1.22. The predicted octanol–water partition coefficient (Wildman–Crippen LogP) is 3.80. The number of rotatable bonds is 3. The van der Waals surface area contributed by atoms with Gasteiger partial charge in [0.1, 0.15) is 0 Å². The van der Waals surface area contributed by atoms with Crippen LogP contribution in [-0.4, -0.2) is 4.92 Å². The number of hydrogen-bond donors (Lipinski definition) is 0. The van der Waals surface area contributed by atoms with Crippen LogP contribution in [0.1, 0.15) is 41.0 Å². The van der Waals surface area contributed by atoms with Gasteiger partial charge in [-0.3, -0.25) is 10.1 Å². The smallest absolute Gasteiger partial charge is 0.258 e. The molecule has 0 spiro atoms. The van der Waals surface area contributed by atoms with Gasteiger partial charge in [-0.25, -0.2) is 0 Å². The van der Waals surface area contributed by atoms with Crippen molar-refractivity contribution in [3.63, 3.8) is 0 Å². The summed E-state index contributed by atoms with van der Waals surface area (Å²) in [7, 11) is 0. The van der Waals surface area contributed by atoms with Crippen molar-refractivity contribution in [3.05, 3.63) is 33.0 Å². The molecular weight excluding hydrogens is 202 g/mol. The molecule has 0 bridgehead atoms. The molecule has 3 heteroatoms. The third-order valence-electron chi connectivity index (χ3n) is 3.40. The Morgan fingerprint density at radius 1 is 1.38 bits per heavy atom. The Morgan fingerprint density at radius 2 is 1.94 bits per heavy atom. The summed E-state index contributed by atoms with van der Waals surface area (Å²) >= 11 is 0. The highest BCUT2D eigenvalue weighted by atomic mass is 16.6. The zero-order chi connectivity index (χ0) is 12.5. The summed E-state index contributed by atoms with van der Waals surface area (Å²) in [6.07, 6.45) is 2.60. The van der Waals surface area contributed by atoms with Gasteiger partial charge < -0.3 is 0 Å². The van der Waals surface area contributed by atoms with E-state index in [0.717, 1.165) is 12.0 Å². The Hall–Kier alpha value is -1.12. The molecule has 1 rings (SSSR count). The van der Waals surface area contributed by atoms with Crippen LogP contribution in [0.5, 0.6) is 0 Å². The van der Waals surface area contributed by atoms with Gasteiger partial charge in [0.25, 0.3) is 5.70 Å². The van der Waals surface area contributed by atoms with Gasteiger partial charge >= 0.3 is 0 Å². The van der Waals surface area contributed by atoms with E-state index in [1.165, 1.54) is 5.57 Å². The Bertz CT molecular complexity index is 351. The molecule has 0 aromatic heterocycles. The molecule has 16 heavy (non-hydrogen) atoms. The molecule has 3 nitrogen and oxygen atoms in total. The van der Waals surface area contributed by atoms with E-state index in [2.05, 4.69) is 20.8 Å². The van der Waals surface area contributed by atoms with Gasteiger partial charge in [0.2, 0.25) is 0 Å². The van der Waals surface area contributed by atoms with E-state index in [1.807, 2.05) is 13.8 Å². The second-order valence-electron chi connectivity index (χ2n) is 5.18. The van der Waals surface area contributed by atoms with Gasteiger partial charge in [-0.1, -0.05) is 33.3 Å². The second-order valence-corrected chi connectivity index (χ2v) is 5.18. The van der Waals surface area contributed by atoms with Crippen molar-refractivity contribution in [2.24, 2.45) is 17.8 Å². The first-order valence-corrected chi connectivity index (χ1v) is 5.91. The quantitative estimate of drug-likeness (QED) is 0.539. The molecule has 90 valence electrons. The van der Waals surface area contributed by atoms with Crippen molar-refractivity contribution in [2.45, 2.75) is 41.0 Å². The molecule has 0 amide bonds. The van der Waals surface area contributed by atoms with E-state index in [0.29, 0.717) is 17.5 Å². The third-order valence-corrected chi connectivity index (χ3v) is 3.40. The number of allylic oxidation sites excluding steroid dienone is 3. The van der Waals surface area contributed by atoms with Crippen LogP contribution >= 0.6 is 0 Å². The van der Waals surface area contributed by atoms with Crippen molar-refractivity contribution < 1.29 is 4.92 Å². The van der Waals surface area contributed by atoms with Gasteiger partial charge in [0.05, 0.1) is 4.92 Å². The molecule has 1 unspecified atom stereocenters. The molecule has 0 aromatic rings. The van der Waals surface area contributed by atoms with Crippen molar-refractivity contribution in [1.82, 2.24) is 0 Å². The Morgan fingerprint density at radius 3 is 2.31 bits per heavy atom. The minimum Gasteiger partial charge on any atom is -0.258 e. The van der Waals surface area contributed by atoms with Crippen LogP contribution in [0.2, 0.25) is 0 Å². The monoisotopic (exact) mass is 223 g/mol. The highest BCUT2D eigenvalue weighted by molar-refractivity contribution is 5.36. The van der Waals surface area contributed by atoms with Gasteiger partial charge in [-0.15, -0.1) is 0 Å². The first kappa shape index (κ1) is 12.9. The van der Waals surface area contributed by atoms with E-state index in [-0.39, 0.29) is 10.8 Å². The van der Waals surface area contributed by atoms with Crippen LogP contribution < -0.4 is 0 Å². The lowest BCUT2D eigenvalue weighted by Crippen LogP contribution is -2.20. The lowest BCUT2D eigenvalue weighted by Gasteiger charge is -2.27. The highest BCUT2D eigenvalue weighted by Crippen LogP contribution is 2.37. The molecule has 0 fully saturated rings. The molecule has 0 N–H and O–H groups in total. The molecule has 0 saturated heterocycles. The lowest BCUT2D eigenvalue weighted by atomic mass is 9.77. The molecule has 0 radical (unpaired) electrons. The third kappa shape index (κ3) is 2.34. The summed E-state index contributed by atoms with van der Waals surface area (Å²) in [5.41, 5.74) is 2.47. The van der Waals surface area contributed by atoms with E-state index in [9.17, 15) is 10.1 Å². The minimum absolute atomic E-state index is 0.221. The van der Waals surface area contributed by atoms with Crippen LogP contribution in [0.4, 0.5) is 0 Å². The maximum Gasteiger partial charge on any atom is 0.268 e. The summed E-state index contributed by atoms with van der Waals surface area (Å²) in [4.78, 5) is 10.8. The Kier molecular flexibility index (Phi) is 3.89. The van der Waals surface area contributed by atoms with Crippen LogP contribution in [0.15, 0.2) is 22.9 Å². The maximum atomic E-state index is 11.0. The number of nitro groups is 1. The maximum absolute atomic E-state index is 11.0. The van der Waals surface area contributed by atoms with Gasteiger partial charge in [-0.05, 0) is 37.2 Å². The molecule has 1 aliphatic rings. The van der Waals surface area contributed by atoms with Crippen LogP contribution in [0.25, 0.3) is 0 Å². The van der Waals surface area contributed by atoms with Crippen molar-refractivity contribution in [3.8, 4) is 0 Å². The first-order valence-electron chi connectivity index (χ1n) is 5.91. The van der Waals surface area contributed by atoms with E-state index in [4.69, 9.17) is 0 Å². The van der Waals surface area contributed by atoms with Gasteiger partial charge in [0, 0.05) is 5.57 Å². The topological polar surface area (TPSA) is 43.1 Å². The van der Waals surface area contributed by atoms with Crippen molar-refractivity contribution >= 4 is 0 Å². The molecule has 1 aliphatic carbocycles. The zero-order valence-corrected chi connectivity index (χ0v) is 10.8. The summed E-state index contributed by atoms with van der Waals surface area (Å²) in [5, 5.41) is 11.0. The van der Waals surface area contributed by atoms with E-state index >= 15 is 0 Å². The summed E-state index contributed by atoms with van der Waals surface area (Å²) in [6, 6.07) is 0. The van der Waals surface area contributed by atoms with E-state index < -0.39 is 0 Å². The zero-order valence-electron chi connectivity index (χ0n) is 10.8. The Labute approximate surface area is 97.4 Å². The minimum atomic E-state index is -0.241. The second kappa shape index (κ2) is 4.81. The fourth-order valence-electron chi connectivity index (χ4n) is 2.62. The molecule has 1 atom stereocenters. The first-order chi connectivity index (χ1) is 7.36. The number of nitrogens with zero attached hydrogens (tertiary/aromatic N) is 1. The highest BCUT2D eigenvalue weighted by Gasteiger charge is 2.31. The van der Waals surface area contributed by atoms with E-state index in [1.54, 1.807) is 6.08 Å². The van der Waals surface area contributed by atoms with Crippen molar-refractivity contribution in [1.29, 1.82) is 0 Å². The van der Waals surface area contributed by atoms with Crippen LogP contribution in [0.3, 0.4) is 0 Å². The average molecular weight is 223 g/mol. The van der Waals surface area contributed by atoms with Gasteiger partial charge in [-0.2, -0.15) is 0 Å². The molecule has 0 aromatic carbocycles.